The number of aromatic amines is 1. The minimum atomic E-state index is -0.315. The van der Waals surface area contributed by atoms with Crippen LogP contribution in [0, 0.1) is 43.4 Å². The third kappa shape index (κ3) is 3.38. The molecule has 4 saturated carbocycles. The Bertz CT molecular complexity index is 670. The summed E-state index contributed by atoms with van der Waals surface area (Å²) in [6.45, 7) is 4.57. The number of carbonyl (C=O) groups is 1. The standard InChI is InChI=1S/C20H29N3O2/c1-11-17(12(2)23-20(25)22-11)3-4-19(24)21-10-18-15-6-13-5-14(8-15)9-16(18)7-13/h13-16,18H,3-10H2,1-2H3,(H,21,24)(H,22,23,25). The highest BCUT2D eigenvalue weighted by atomic mass is 16.1. The number of rotatable bonds is 5. The summed E-state index contributed by atoms with van der Waals surface area (Å²) >= 11 is 0. The molecule has 0 unspecified atom stereocenters. The molecule has 1 amide bonds. The number of nitrogens with zero attached hydrogens (tertiary/aromatic N) is 1. The molecule has 25 heavy (non-hydrogen) atoms. The minimum Gasteiger partial charge on any atom is -0.356 e. The van der Waals surface area contributed by atoms with E-state index in [1.165, 1.54) is 32.1 Å². The Morgan fingerprint density at radius 3 is 2.36 bits per heavy atom. The van der Waals surface area contributed by atoms with E-state index in [1.807, 2.05) is 13.8 Å². The van der Waals surface area contributed by atoms with Gasteiger partial charge in [-0.3, -0.25) is 4.79 Å². The highest BCUT2D eigenvalue weighted by Gasteiger charge is 2.47. The molecule has 5 heteroatoms. The average Bonchev–Trinajstić information content (AvgIpc) is 2.52. The second-order valence-electron chi connectivity index (χ2n) is 8.63. The monoisotopic (exact) mass is 343 g/mol. The third-order valence-corrected chi connectivity index (χ3v) is 7.01. The molecule has 5 rings (SSSR count). The predicted octanol–water partition coefficient (Wildman–Crippen LogP) is 2.51. The van der Waals surface area contributed by atoms with Gasteiger partial charge in [0.2, 0.25) is 5.91 Å². The van der Waals surface area contributed by atoms with Crippen molar-refractivity contribution in [3.05, 3.63) is 27.4 Å². The Morgan fingerprint density at radius 2 is 1.76 bits per heavy atom. The molecule has 0 aromatic carbocycles. The molecular formula is C20H29N3O2. The maximum Gasteiger partial charge on any atom is 0.345 e. The highest BCUT2D eigenvalue weighted by Crippen LogP contribution is 2.56. The molecule has 0 saturated heterocycles. The molecule has 5 nitrogen and oxygen atoms in total. The number of aromatic nitrogens is 2. The van der Waals surface area contributed by atoms with E-state index in [0.717, 1.165) is 47.2 Å². The van der Waals surface area contributed by atoms with E-state index >= 15 is 0 Å². The highest BCUT2D eigenvalue weighted by molar-refractivity contribution is 5.76. The number of nitrogens with one attached hydrogen (secondary N) is 2. The molecule has 0 radical (unpaired) electrons. The maximum absolute atomic E-state index is 12.3. The first kappa shape index (κ1) is 16.8. The SMILES string of the molecule is Cc1nc(=O)[nH]c(C)c1CCC(=O)NCC1C2CC3CC(C2)CC1C3. The first-order valence-electron chi connectivity index (χ1n) is 9.82. The van der Waals surface area contributed by atoms with Crippen LogP contribution in [0.3, 0.4) is 0 Å². The molecule has 4 aliphatic carbocycles. The van der Waals surface area contributed by atoms with Crippen molar-refractivity contribution in [2.24, 2.45) is 29.6 Å². The van der Waals surface area contributed by atoms with E-state index < -0.39 is 0 Å². The lowest BCUT2D eigenvalue weighted by Crippen LogP contribution is -2.49. The zero-order valence-electron chi connectivity index (χ0n) is 15.3. The summed E-state index contributed by atoms with van der Waals surface area (Å²) in [5.41, 5.74) is 2.23. The fraction of sp³-hybridized carbons (Fsp3) is 0.750. The zero-order valence-corrected chi connectivity index (χ0v) is 15.3. The molecule has 4 fully saturated rings. The Kier molecular flexibility index (Phi) is 4.42. The maximum atomic E-state index is 12.3. The molecule has 0 atom stereocenters. The van der Waals surface area contributed by atoms with Gasteiger partial charge in [0.15, 0.2) is 0 Å². The molecular weight excluding hydrogens is 314 g/mol. The number of aryl methyl sites for hydroxylation is 2. The van der Waals surface area contributed by atoms with Gasteiger partial charge in [0, 0.05) is 24.4 Å². The number of hydrogen-bond donors (Lipinski definition) is 2. The van der Waals surface area contributed by atoms with E-state index in [0.29, 0.717) is 18.8 Å². The van der Waals surface area contributed by atoms with Gasteiger partial charge < -0.3 is 10.3 Å². The van der Waals surface area contributed by atoms with Crippen molar-refractivity contribution >= 4 is 5.91 Å². The van der Waals surface area contributed by atoms with Crippen LogP contribution in [0.15, 0.2) is 4.79 Å². The molecule has 1 aromatic heterocycles. The van der Waals surface area contributed by atoms with Crippen LogP contribution in [0.4, 0.5) is 0 Å². The second-order valence-corrected chi connectivity index (χ2v) is 8.63. The van der Waals surface area contributed by atoms with Crippen molar-refractivity contribution in [1.29, 1.82) is 0 Å². The zero-order chi connectivity index (χ0) is 17.6. The lowest BCUT2D eigenvalue weighted by Gasteiger charge is -2.54. The molecule has 4 aliphatic rings. The van der Waals surface area contributed by atoms with Gasteiger partial charge in [-0.1, -0.05) is 0 Å². The van der Waals surface area contributed by atoms with Crippen molar-refractivity contribution in [1.82, 2.24) is 15.3 Å². The Hall–Kier alpha value is -1.65. The Balaban J connectivity index is 1.29. The van der Waals surface area contributed by atoms with Crippen LogP contribution in [-0.2, 0) is 11.2 Å². The predicted molar refractivity (Wildman–Crippen MR) is 96.2 cm³/mol. The van der Waals surface area contributed by atoms with Crippen molar-refractivity contribution in [3.8, 4) is 0 Å². The fourth-order valence-corrected chi connectivity index (χ4v) is 6.05. The van der Waals surface area contributed by atoms with Gasteiger partial charge in [0.05, 0.1) is 0 Å². The van der Waals surface area contributed by atoms with Gasteiger partial charge in [-0.05, 0) is 87.5 Å². The van der Waals surface area contributed by atoms with Crippen LogP contribution >= 0.6 is 0 Å². The van der Waals surface area contributed by atoms with Crippen molar-refractivity contribution in [3.63, 3.8) is 0 Å². The van der Waals surface area contributed by atoms with Gasteiger partial charge in [-0.2, -0.15) is 4.98 Å². The van der Waals surface area contributed by atoms with Crippen LogP contribution in [0.5, 0.6) is 0 Å². The lowest BCUT2D eigenvalue weighted by atomic mass is 9.52. The number of H-pyrrole nitrogens is 1. The van der Waals surface area contributed by atoms with E-state index in [2.05, 4.69) is 15.3 Å². The smallest absolute Gasteiger partial charge is 0.345 e. The summed E-state index contributed by atoms with van der Waals surface area (Å²) in [5, 5.41) is 3.20. The first-order chi connectivity index (χ1) is 12.0. The molecule has 136 valence electrons. The lowest BCUT2D eigenvalue weighted by molar-refractivity contribution is -0.122. The van der Waals surface area contributed by atoms with Crippen LogP contribution < -0.4 is 11.0 Å². The molecule has 4 bridgehead atoms. The molecule has 1 heterocycles. The topological polar surface area (TPSA) is 74.8 Å². The molecule has 1 aromatic rings. The van der Waals surface area contributed by atoms with Crippen LogP contribution in [0.25, 0.3) is 0 Å². The summed E-state index contributed by atoms with van der Waals surface area (Å²) in [7, 11) is 0. The van der Waals surface area contributed by atoms with E-state index in [9.17, 15) is 9.59 Å². The van der Waals surface area contributed by atoms with E-state index in [-0.39, 0.29) is 11.6 Å². The molecule has 0 aliphatic heterocycles. The van der Waals surface area contributed by atoms with Crippen LogP contribution in [0.2, 0.25) is 0 Å². The molecule has 2 N–H and O–H groups in total. The summed E-state index contributed by atoms with van der Waals surface area (Å²) in [6, 6.07) is 0. The van der Waals surface area contributed by atoms with Crippen molar-refractivity contribution < 1.29 is 4.79 Å². The largest absolute Gasteiger partial charge is 0.356 e. The Labute approximate surface area is 149 Å². The second kappa shape index (κ2) is 6.58. The normalized spacial score (nSPS) is 32.8. The number of amides is 1. The summed E-state index contributed by atoms with van der Waals surface area (Å²) in [6.07, 6.45) is 8.16. The summed E-state index contributed by atoms with van der Waals surface area (Å²) < 4.78 is 0. The third-order valence-electron chi connectivity index (χ3n) is 7.01. The van der Waals surface area contributed by atoms with Gasteiger partial charge in [-0.15, -0.1) is 0 Å². The summed E-state index contributed by atoms with van der Waals surface area (Å²) in [4.78, 5) is 30.4. The fourth-order valence-electron chi connectivity index (χ4n) is 6.05. The Morgan fingerprint density at radius 1 is 1.12 bits per heavy atom. The van der Waals surface area contributed by atoms with Crippen LogP contribution in [0.1, 0.15) is 55.5 Å². The summed E-state index contributed by atoms with van der Waals surface area (Å²) in [5.74, 6) is 4.49. The van der Waals surface area contributed by atoms with Gasteiger partial charge in [0.25, 0.3) is 0 Å². The van der Waals surface area contributed by atoms with Crippen molar-refractivity contribution in [2.45, 2.75) is 58.8 Å². The van der Waals surface area contributed by atoms with Crippen molar-refractivity contribution in [2.75, 3.05) is 6.54 Å². The van der Waals surface area contributed by atoms with E-state index in [4.69, 9.17) is 0 Å². The van der Waals surface area contributed by atoms with Gasteiger partial charge >= 0.3 is 5.69 Å². The quantitative estimate of drug-likeness (QED) is 0.862. The average molecular weight is 343 g/mol. The first-order valence-corrected chi connectivity index (χ1v) is 9.82. The minimum absolute atomic E-state index is 0.124. The molecule has 0 spiro atoms. The van der Waals surface area contributed by atoms with Gasteiger partial charge in [0.1, 0.15) is 0 Å². The van der Waals surface area contributed by atoms with Crippen LogP contribution in [-0.4, -0.2) is 22.4 Å². The number of carbonyl (C=O) groups excluding carboxylic acids is 1. The van der Waals surface area contributed by atoms with E-state index in [1.54, 1.807) is 0 Å². The number of hydrogen-bond acceptors (Lipinski definition) is 3. The van der Waals surface area contributed by atoms with Gasteiger partial charge in [-0.25, -0.2) is 4.79 Å².